The Morgan fingerprint density at radius 2 is 2.20 bits per heavy atom. The molecule has 0 unspecified atom stereocenters. The summed E-state index contributed by atoms with van der Waals surface area (Å²) in [6.07, 6.45) is 2.07. The van der Waals surface area contributed by atoms with Gasteiger partial charge in [0.2, 0.25) is 0 Å². The van der Waals surface area contributed by atoms with E-state index in [2.05, 4.69) is 27.8 Å². The average molecular weight is 210 g/mol. The second kappa shape index (κ2) is 5.38. The first-order chi connectivity index (χ1) is 7.15. The lowest BCUT2D eigenvalue weighted by molar-refractivity contribution is 0.252. The lowest BCUT2D eigenvalue weighted by Crippen LogP contribution is -2.29. The van der Waals surface area contributed by atoms with Crippen LogP contribution in [0.4, 0.5) is 10.5 Å². The Kier molecular flexibility index (Phi) is 4.15. The number of nitrogens with zero attached hydrogens (tertiary/aromatic N) is 1. The van der Waals surface area contributed by atoms with Gasteiger partial charge in [-0.15, -0.1) is 0 Å². The lowest BCUT2D eigenvalue weighted by atomic mass is 10.3. The molecule has 0 radical (unpaired) electrons. The molecule has 84 valence electrons. The number of rotatable bonds is 4. The van der Waals surface area contributed by atoms with Crippen molar-refractivity contribution in [2.75, 3.05) is 11.9 Å². The lowest BCUT2D eigenvalue weighted by Gasteiger charge is -2.06. The Balaban J connectivity index is 2.44. The fourth-order valence-electron chi connectivity index (χ4n) is 1.27. The molecule has 1 aromatic heterocycles. The molecule has 5 nitrogen and oxygen atoms in total. The summed E-state index contributed by atoms with van der Waals surface area (Å²) >= 11 is 0. The maximum absolute atomic E-state index is 11.4. The first kappa shape index (κ1) is 11.6. The third kappa shape index (κ3) is 3.27. The monoisotopic (exact) mass is 210 g/mol. The second-order valence-electron chi connectivity index (χ2n) is 3.54. The highest BCUT2D eigenvalue weighted by Gasteiger charge is 2.08. The van der Waals surface area contributed by atoms with E-state index in [1.807, 2.05) is 13.8 Å². The molecule has 0 aliphatic rings. The van der Waals surface area contributed by atoms with Gasteiger partial charge in [0.05, 0.1) is 17.1 Å². The molecule has 5 heteroatoms. The Labute approximate surface area is 89.6 Å². The summed E-state index contributed by atoms with van der Waals surface area (Å²) in [4.78, 5) is 11.4. The van der Waals surface area contributed by atoms with Crippen LogP contribution in [0.25, 0.3) is 0 Å². The third-order valence-corrected chi connectivity index (χ3v) is 2.18. The molecule has 15 heavy (non-hydrogen) atoms. The summed E-state index contributed by atoms with van der Waals surface area (Å²) in [6, 6.07) is -0.170. The predicted octanol–water partition coefficient (Wildman–Crippen LogP) is 1.95. The van der Waals surface area contributed by atoms with Gasteiger partial charge in [-0.3, -0.25) is 5.10 Å². The standard InChI is InChI=1S/C10H18N4O/c1-4-5-6-11-10(15)12-9-7(2)13-14-8(9)3/h4-6H2,1-3H3,(H,13,14)(H2,11,12,15). The Bertz CT molecular complexity index is 313. The highest BCUT2D eigenvalue weighted by Crippen LogP contribution is 2.15. The minimum absolute atomic E-state index is 0.170. The van der Waals surface area contributed by atoms with Crippen LogP contribution in [0.15, 0.2) is 0 Å². The fraction of sp³-hybridized carbons (Fsp3) is 0.600. The number of nitrogens with one attached hydrogen (secondary N) is 3. The molecule has 0 aliphatic heterocycles. The van der Waals surface area contributed by atoms with Crippen LogP contribution in [-0.2, 0) is 0 Å². The molecule has 0 aliphatic carbocycles. The van der Waals surface area contributed by atoms with E-state index in [0.29, 0.717) is 6.54 Å². The minimum Gasteiger partial charge on any atom is -0.338 e. The number of anilines is 1. The number of H-pyrrole nitrogens is 1. The minimum atomic E-state index is -0.170. The van der Waals surface area contributed by atoms with Crippen molar-refractivity contribution in [3.63, 3.8) is 0 Å². The van der Waals surface area contributed by atoms with Gasteiger partial charge < -0.3 is 10.6 Å². The molecule has 3 N–H and O–H groups in total. The van der Waals surface area contributed by atoms with Gasteiger partial charge in [-0.05, 0) is 20.3 Å². The third-order valence-electron chi connectivity index (χ3n) is 2.18. The molecule has 0 bridgehead atoms. The summed E-state index contributed by atoms with van der Waals surface area (Å²) in [6.45, 7) is 6.52. The largest absolute Gasteiger partial charge is 0.338 e. The number of aryl methyl sites for hydroxylation is 2. The topological polar surface area (TPSA) is 69.8 Å². The zero-order chi connectivity index (χ0) is 11.3. The van der Waals surface area contributed by atoms with Gasteiger partial charge >= 0.3 is 6.03 Å². The van der Waals surface area contributed by atoms with Crippen LogP contribution in [0.2, 0.25) is 0 Å². The van der Waals surface area contributed by atoms with E-state index in [-0.39, 0.29) is 6.03 Å². The SMILES string of the molecule is CCCCNC(=O)Nc1c(C)n[nH]c1C. The number of amides is 2. The zero-order valence-corrected chi connectivity index (χ0v) is 9.48. The van der Waals surface area contributed by atoms with Crippen LogP contribution in [-0.4, -0.2) is 22.8 Å². The van der Waals surface area contributed by atoms with Crippen molar-refractivity contribution in [1.29, 1.82) is 0 Å². The highest BCUT2D eigenvalue weighted by atomic mass is 16.2. The molecule has 0 saturated heterocycles. The average Bonchev–Trinajstić information content (AvgIpc) is 2.50. The summed E-state index contributed by atoms with van der Waals surface area (Å²) in [7, 11) is 0. The summed E-state index contributed by atoms with van der Waals surface area (Å²) in [5, 5.41) is 12.4. The van der Waals surface area contributed by atoms with Crippen molar-refractivity contribution in [2.45, 2.75) is 33.6 Å². The van der Waals surface area contributed by atoms with E-state index in [1.165, 1.54) is 0 Å². The molecule has 0 aromatic carbocycles. The number of aromatic amines is 1. The van der Waals surface area contributed by atoms with Crippen LogP contribution in [0.1, 0.15) is 31.2 Å². The van der Waals surface area contributed by atoms with Crippen LogP contribution < -0.4 is 10.6 Å². The molecule has 0 saturated carbocycles. The molecule has 2 amide bonds. The van der Waals surface area contributed by atoms with E-state index in [4.69, 9.17) is 0 Å². The smallest absolute Gasteiger partial charge is 0.319 e. The zero-order valence-electron chi connectivity index (χ0n) is 9.48. The van der Waals surface area contributed by atoms with E-state index in [9.17, 15) is 4.79 Å². The molecule has 1 rings (SSSR count). The summed E-state index contributed by atoms with van der Waals surface area (Å²) < 4.78 is 0. The molecular weight excluding hydrogens is 192 g/mol. The van der Waals surface area contributed by atoms with Gasteiger partial charge in [-0.2, -0.15) is 5.10 Å². The first-order valence-corrected chi connectivity index (χ1v) is 5.21. The fourth-order valence-corrected chi connectivity index (χ4v) is 1.27. The Morgan fingerprint density at radius 3 is 2.73 bits per heavy atom. The number of hydrogen-bond acceptors (Lipinski definition) is 2. The number of hydrogen-bond donors (Lipinski definition) is 3. The number of urea groups is 1. The van der Waals surface area contributed by atoms with E-state index in [1.54, 1.807) is 0 Å². The van der Waals surface area contributed by atoms with Gasteiger partial charge in [0.15, 0.2) is 0 Å². The number of unbranched alkanes of at least 4 members (excludes halogenated alkanes) is 1. The van der Waals surface area contributed by atoms with Crippen LogP contribution in [0, 0.1) is 13.8 Å². The second-order valence-corrected chi connectivity index (χ2v) is 3.54. The summed E-state index contributed by atoms with van der Waals surface area (Å²) in [5.41, 5.74) is 2.44. The van der Waals surface area contributed by atoms with E-state index >= 15 is 0 Å². The van der Waals surface area contributed by atoms with Gasteiger partial charge in [0.1, 0.15) is 0 Å². The number of aromatic nitrogens is 2. The van der Waals surface area contributed by atoms with Gasteiger partial charge in [-0.1, -0.05) is 13.3 Å². The van der Waals surface area contributed by atoms with E-state index < -0.39 is 0 Å². The highest BCUT2D eigenvalue weighted by molar-refractivity contribution is 5.90. The van der Waals surface area contributed by atoms with Crippen LogP contribution in [0.5, 0.6) is 0 Å². The molecule has 1 aromatic rings. The molecule has 0 spiro atoms. The maximum atomic E-state index is 11.4. The van der Waals surface area contributed by atoms with Gasteiger partial charge in [0, 0.05) is 6.54 Å². The number of carbonyl (C=O) groups excluding carboxylic acids is 1. The first-order valence-electron chi connectivity index (χ1n) is 5.21. The Hall–Kier alpha value is -1.52. The number of carbonyl (C=O) groups is 1. The van der Waals surface area contributed by atoms with Crippen molar-refractivity contribution < 1.29 is 4.79 Å². The Morgan fingerprint density at radius 1 is 1.47 bits per heavy atom. The van der Waals surface area contributed by atoms with Crippen LogP contribution in [0.3, 0.4) is 0 Å². The molecular formula is C10H18N4O. The van der Waals surface area contributed by atoms with Gasteiger partial charge in [0.25, 0.3) is 0 Å². The van der Waals surface area contributed by atoms with Crippen molar-refractivity contribution in [3.05, 3.63) is 11.4 Å². The molecule has 1 heterocycles. The molecule has 0 atom stereocenters. The van der Waals surface area contributed by atoms with Gasteiger partial charge in [-0.25, -0.2) is 4.79 Å². The molecule has 0 fully saturated rings. The maximum Gasteiger partial charge on any atom is 0.319 e. The predicted molar refractivity (Wildman–Crippen MR) is 60.0 cm³/mol. The van der Waals surface area contributed by atoms with Crippen molar-refractivity contribution in [3.8, 4) is 0 Å². The van der Waals surface area contributed by atoms with Crippen LogP contribution >= 0.6 is 0 Å². The van der Waals surface area contributed by atoms with Crippen molar-refractivity contribution >= 4 is 11.7 Å². The van der Waals surface area contributed by atoms with Crippen molar-refractivity contribution in [2.24, 2.45) is 0 Å². The quantitative estimate of drug-likeness (QED) is 0.665. The normalized spacial score (nSPS) is 10.1. The summed E-state index contributed by atoms with van der Waals surface area (Å²) in [5.74, 6) is 0. The van der Waals surface area contributed by atoms with E-state index in [0.717, 1.165) is 29.9 Å². The van der Waals surface area contributed by atoms with Crippen molar-refractivity contribution in [1.82, 2.24) is 15.5 Å².